The van der Waals surface area contributed by atoms with E-state index in [0.29, 0.717) is 16.6 Å². The Labute approximate surface area is 177 Å². The summed E-state index contributed by atoms with van der Waals surface area (Å²) in [7, 11) is 0. The summed E-state index contributed by atoms with van der Waals surface area (Å²) in [6.07, 6.45) is -7.25. The Balaban J connectivity index is 1.76. The van der Waals surface area contributed by atoms with E-state index in [-0.39, 0.29) is 11.5 Å². The summed E-state index contributed by atoms with van der Waals surface area (Å²) >= 11 is 0. The van der Waals surface area contributed by atoms with Gasteiger partial charge in [-0.05, 0) is 66.7 Å². The third-order valence-corrected chi connectivity index (χ3v) is 4.52. The van der Waals surface area contributed by atoms with Crippen molar-refractivity contribution < 1.29 is 26.3 Å². The van der Waals surface area contributed by atoms with E-state index in [2.05, 4.69) is 15.4 Å². The van der Waals surface area contributed by atoms with Gasteiger partial charge in [-0.1, -0.05) is 6.07 Å². The Morgan fingerprint density at radius 2 is 1.34 bits per heavy atom. The van der Waals surface area contributed by atoms with Gasteiger partial charge >= 0.3 is 12.4 Å². The number of fused-ring (bicyclic) bond motifs is 1. The molecule has 0 spiro atoms. The monoisotopic (exact) mass is 448 g/mol. The SMILES string of the molecule is FC(F)(F)c1ccc(N=c2cc3ccccn3nc2Nc2ccc(C(F)(F)F)cc2)cc1. The van der Waals surface area contributed by atoms with Gasteiger partial charge in [0.05, 0.1) is 22.3 Å². The number of pyridine rings is 1. The van der Waals surface area contributed by atoms with Gasteiger partial charge in [-0.2, -0.15) is 26.3 Å². The predicted octanol–water partition coefficient (Wildman–Crippen LogP) is 6.35. The zero-order chi connectivity index (χ0) is 22.9. The van der Waals surface area contributed by atoms with E-state index in [1.165, 1.54) is 28.8 Å². The van der Waals surface area contributed by atoms with Crippen molar-refractivity contribution in [3.05, 3.63) is 95.5 Å². The summed E-state index contributed by atoms with van der Waals surface area (Å²) < 4.78 is 78.4. The van der Waals surface area contributed by atoms with Crippen molar-refractivity contribution in [1.82, 2.24) is 9.61 Å². The van der Waals surface area contributed by atoms with Gasteiger partial charge in [0.1, 0.15) is 5.36 Å². The highest BCUT2D eigenvalue weighted by molar-refractivity contribution is 5.59. The molecule has 2 aromatic carbocycles. The van der Waals surface area contributed by atoms with Crippen molar-refractivity contribution in [2.45, 2.75) is 12.4 Å². The normalized spacial score (nSPS) is 12.9. The van der Waals surface area contributed by atoms with Crippen LogP contribution in [0.25, 0.3) is 5.52 Å². The second-order valence-corrected chi connectivity index (χ2v) is 6.80. The fourth-order valence-corrected chi connectivity index (χ4v) is 2.94. The topological polar surface area (TPSA) is 41.7 Å². The van der Waals surface area contributed by atoms with E-state index in [4.69, 9.17) is 0 Å². The molecule has 0 unspecified atom stereocenters. The van der Waals surface area contributed by atoms with Crippen LogP contribution in [0.2, 0.25) is 0 Å². The maximum Gasteiger partial charge on any atom is 0.416 e. The number of aromatic nitrogens is 2. The highest BCUT2D eigenvalue weighted by Gasteiger charge is 2.30. The lowest BCUT2D eigenvalue weighted by Crippen LogP contribution is -2.14. The van der Waals surface area contributed by atoms with Crippen molar-refractivity contribution in [1.29, 1.82) is 0 Å². The van der Waals surface area contributed by atoms with E-state index in [1.54, 1.807) is 30.5 Å². The van der Waals surface area contributed by atoms with Gasteiger partial charge < -0.3 is 5.32 Å². The molecule has 0 saturated heterocycles. The smallest absolute Gasteiger partial charge is 0.337 e. The molecule has 0 fully saturated rings. The third-order valence-electron chi connectivity index (χ3n) is 4.52. The molecule has 0 aliphatic rings. The van der Waals surface area contributed by atoms with Crippen molar-refractivity contribution >= 4 is 22.7 Å². The number of benzene rings is 2. The van der Waals surface area contributed by atoms with Gasteiger partial charge in [0, 0.05) is 11.9 Å². The molecule has 1 N–H and O–H groups in total. The van der Waals surface area contributed by atoms with Crippen LogP contribution < -0.4 is 10.7 Å². The minimum atomic E-state index is -4.46. The van der Waals surface area contributed by atoms with Gasteiger partial charge in [-0.25, -0.2) is 9.51 Å². The molecule has 0 amide bonds. The van der Waals surface area contributed by atoms with E-state index in [0.717, 1.165) is 24.3 Å². The molecule has 0 atom stereocenters. The van der Waals surface area contributed by atoms with Crippen LogP contribution in [0, 0.1) is 0 Å². The Bertz CT molecular complexity index is 1300. The van der Waals surface area contributed by atoms with Crippen LogP contribution in [0.1, 0.15) is 11.1 Å². The third kappa shape index (κ3) is 4.74. The molecule has 10 heteroatoms. The van der Waals surface area contributed by atoms with E-state index < -0.39 is 23.5 Å². The molecule has 164 valence electrons. The van der Waals surface area contributed by atoms with Crippen LogP contribution in [0.3, 0.4) is 0 Å². The largest absolute Gasteiger partial charge is 0.416 e. The van der Waals surface area contributed by atoms with Gasteiger partial charge in [0.25, 0.3) is 0 Å². The average Bonchev–Trinajstić information content (AvgIpc) is 2.73. The summed E-state index contributed by atoms with van der Waals surface area (Å²) in [5.41, 5.74) is -0.331. The number of alkyl halides is 6. The quantitative estimate of drug-likeness (QED) is 0.371. The van der Waals surface area contributed by atoms with Crippen LogP contribution in [-0.2, 0) is 12.4 Å². The second-order valence-electron chi connectivity index (χ2n) is 6.80. The molecule has 4 nitrogen and oxygen atoms in total. The zero-order valence-electron chi connectivity index (χ0n) is 16.1. The van der Waals surface area contributed by atoms with E-state index in [1.807, 2.05) is 0 Å². The Hall–Kier alpha value is -3.82. The van der Waals surface area contributed by atoms with Crippen LogP contribution in [0.5, 0.6) is 0 Å². The van der Waals surface area contributed by atoms with Crippen molar-refractivity contribution in [3.63, 3.8) is 0 Å². The molecular weight excluding hydrogens is 434 g/mol. The summed E-state index contributed by atoms with van der Waals surface area (Å²) in [4.78, 5) is 4.38. The van der Waals surface area contributed by atoms with Crippen molar-refractivity contribution in [3.8, 4) is 0 Å². The fourth-order valence-electron chi connectivity index (χ4n) is 2.94. The van der Waals surface area contributed by atoms with Gasteiger partial charge in [0.15, 0.2) is 5.82 Å². The molecule has 0 aliphatic heterocycles. The number of anilines is 2. The number of halogens is 6. The number of nitrogens with one attached hydrogen (secondary N) is 1. The highest BCUT2D eigenvalue weighted by Crippen LogP contribution is 2.31. The Morgan fingerprint density at radius 3 is 1.94 bits per heavy atom. The van der Waals surface area contributed by atoms with Gasteiger partial charge in [-0.3, -0.25) is 0 Å². The molecule has 32 heavy (non-hydrogen) atoms. The first-order chi connectivity index (χ1) is 15.1. The minimum Gasteiger partial charge on any atom is -0.337 e. The van der Waals surface area contributed by atoms with Gasteiger partial charge in [-0.15, -0.1) is 5.10 Å². The molecule has 0 bridgehead atoms. The van der Waals surface area contributed by atoms with E-state index >= 15 is 0 Å². The summed E-state index contributed by atoms with van der Waals surface area (Å²) in [5, 5.41) is 7.63. The molecular formula is C22H14F6N4. The first-order valence-corrected chi connectivity index (χ1v) is 9.25. The molecule has 4 aromatic rings. The van der Waals surface area contributed by atoms with Crippen molar-refractivity contribution in [2.24, 2.45) is 4.99 Å². The molecule has 0 saturated carbocycles. The summed E-state index contributed by atoms with van der Waals surface area (Å²) in [5.74, 6) is 0.216. The fraction of sp³-hybridized carbons (Fsp3) is 0.0909. The van der Waals surface area contributed by atoms with Crippen molar-refractivity contribution in [2.75, 3.05) is 5.32 Å². The van der Waals surface area contributed by atoms with Gasteiger partial charge in [0.2, 0.25) is 0 Å². The Morgan fingerprint density at radius 1 is 0.750 bits per heavy atom. The molecule has 0 aliphatic carbocycles. The average molecular weight is 448 g/mol. The van der Waals surface area contributed by atoms with Crippen LogP contribution >= 0.6 is 0 Å². The van der Waals surface area contributed by atoms with Crippen LogP contribution in [-0.4, -0.2) is 9.61 Å². The molecule has 0 radical (unpaired) electrons. The maximum atomic E-state index is 12.8. The molecule has 2 aromatic heterocycles. The number of hydrogen-bond acceptors (Lipinski definition) is 3. The first-order valence-electron chi connectivity index (χ1n) is 9.25. The van der Waals surface area contributed by atoms with Crippen LogP contribution in [0.15, 0.2) is 84.0 Å². The molecule has 2 heterocycles. The minimum absolute atomic E-state index is 0.216. The lowest BCUT2D eigenvalue weighted by atomic mass is 10.2. The maximum absolute atomic E-state index is 12.8. The molecule has 4 rings (SSSR count). The summed E-state index contributed by atoms with van der Waals surface area (Å²) in [6.45, 7) is 0. The number of rotatable bonds is 3. The van der Waals surface area contributed by atoms with E-state index in [9.17, 15) is 26.3 Å². The number of hydrogen-bond donors (Lipinski definition) is 1. The first kappa shape index (κ1) is 21.4. The standard InChI is InChI=1S/C22H14F6N4/c23-21(24,25)14-4-8-16(9-5-14)29-19-13-18-3-1-2-12-32(18)31-20(19)30-17-10-6-15(7-11-17)22(26,27)28/h1-13H,(H,30,31). The Kier molecular flexibility index (Phi) is 5.37. The second kappa shape index (κ2) is 8.03. The zero-order valence-corrected chi connectivity index (χ0v) is 16.1. The highest BCUT2D eigenvalue weighted by atomic mass is 19.4. The van der Waals surface area contributed by atoms with Crippen LogP contribution in [0.4, 0.5) is 43.5 Å². The summed E-state index contributed by atoms with van der Waals surface area (Å²) in [6, 6.07) is 15.6. The predicted molar refractivity (Wildman–Crippen MR) is 107 cm³/mol. The lowest BCUT2D eigenvalue weighted by Gasteiger charge is -2.11. The lowest BCUT2D eigenvalue weighted by molar-refractivity contribution is -0.138. The number of nitrogens with zero attached hydrogens (tertiary/aromatic N) is 3.